The predicted molar refractivity (Wildman–Crippen MR) is 126 cm³/mol. The summed E-state index contributed by atoms with van der Waals surface area (Å²) < 4.78 is 12.4. The van der Waals surface area contributed by atoms with Crippen molar-refractivity contribution in [1.29, 1.82) is 0 Å². The minimum absolute atomic E-state index is 0.0578. The largest absolute Gasteiger partial charge is 0.496 e. The number of pyridine rings is 1. The summed E-state index contributed by atoms with van der Waals surface area (Å²) >= 11 is 0. The second-order valence-electron chi connectivity index (χ2n) is 7.86. The summed E-state index contributed by atoms with van der Waals surface area (Å²) in [6.45, 7) is 5.58. The highest BCUT2D eigenvalue weighted by Crippen LogP contribution is 2.31. The van der Waals surface area contributed by atoms with E-state index in [9.17, 15) is 9.59 Å². The van der Waals surface area contributed by atoms with E-state index in [0.29, 0.717) is 34.1 Å². The van der Waals surface area contributed by atoms with E-state index in [1.807, 2.05) is 38.1 Å². The number of carboxylic acids is 1. The number of fused-ring (bicyclic) bond motifs is 1. The molecule has 0 radical (unpaired) electrons. The maximum absolute atomic E-state index is 13.6. The van der Waals surface area contributed by atoms with Gasteiger partial charge in [0, 0.05) is 12.1 Å². The first-order valence-corrected chi connectivity index (χ1v) is 10.8. The minimum atomic E-state index is -0.971. The molecule has 1 atom stereocenters. The Labute approximate surface area is 195 Å². The lowest BCUT2D eigenvalue weighted by atomic mass is 10.1. The molecule has 1 aromatic carbocycles. The van der Waals surface area contributed by atoms with E-state index in [1.165, 1.54) is 0 Å². The second kappa shape index (κ2) is 9.34. The van der Waals surface area contributed by atoms with Crippen molar-refractivity contribution in [3.05, 3.63) is 63.8 Å². The molecule has 176 valence electrons. The molecule has 3 heterocycles. The predicted octanol–water partition coefficient (Wildman–Crippen LogP) is 3.57. The number of benzene rings is 1. The quantitative estimate of drug-likeness (QED) is 0.402. The molecule has 0 spiro atoms. The Bertz CT molecular complexity index is 1410. The molecule has 34 heavy (non-hydrogen) atoms. The van der Waals surface area contributed by atoms with Crippen LogP contribution in [0.15, 0.2) is 45.7 Å². The number of carboxylic acid groups (broad SMARTS) is 1. The molecule has 2 N–H and O–H groups in total. The standard InChI is InChI=1S/C24H25N5O5/c1-13-21(15(3)34-28-13)17-9-10-18-23(27-17)29(14(2)16-7-5-6-8-19(16)33-4)24(32)22(26-18)25-12-11-20(30)31/h5-10,14H,11-12H2,1-4H3,(H,25,26)(H,30,31)/t14-/m0/s1. The highest BCUT2D eigenvalue weighted by molar-refractivity contribution is 5.78. The number of nitrogens with zero attached hydrogens (tertiary/aromatic N) is 4. The number of methoxy groups -OCH3 is 1. The number of ether oxygens (including phenoxy) is 1. The van der Waals surface area contributed by atoms with Gasteiger partial charge in [0.25, 0.3) is 5.56 Å². The normalized spacial score (nSPS) is 12.0. The number of aromatic nitrogens is 4. The Hall–Kier alpha value is -4.21. The highest BCUT2D eigenvalue weighted by Gasteiger charge is 2.22. The average molecular weight is 463 g/mol. The number of para-hydroxylation sites is 1. The summed E-state index contributed by atoms with van der Waals surface area (Å²) in [6, 6.07) is 10.6. The van der Waals surface area contributed by atoms with Crippen molar-refractivity contribution in [2.75, 3.05) is 19.0 Å². The monoisotopic (exact) mass is 463 g/mol. The van der Waals surface area contributed by atoms with Crippen LogP contribution < -0.4 is 15.6 Å². The number of hydrogen-bond donors (Lipinski definition) is 2. The van der Waals surface area contributed by atoms with E-state index in [-0.39, 0.29) is 18.8 Å². The van der Waals surface area contributed by atoms with Crippen molar-refractivity contribution in [2.24, 2.45) is 0 Å². The van der Waals surface area contributed by atoms with Gasteiger partial charge in [-0.15, -0.1) is 0 Å². The van der Waals surface area contributed by atoms with Crippen molar-refractivity contribution < 1.29 is 19.2 Å². The van der Waals surface area contributed by atoms with Gasteiger partial charge in [-0.25, -0.2) is 9.97 Å². The van der Waals surface area contributed by atoms with Crippen LogP contribution in [0.4, 0.5) is 5.82 Å². The molecule has 0 amide bonds. The topological polar surface area (TPSA) is 132 Å². The lowest BCUT2D eigenvalue weighted by molar-refractivity contribution is -0.136. The fourth-order valence-corrected chi connectivity index (χ4v) is 3.98. The molecular weight excluding hydrogens is 438 g/mol. The summed E-state index contributed by atoms with van der Waals surface area (Å²) in [5, 5.41) is 15.8. The Morgan fingerprint density at radius 1 is 1.21 bits per heavy atom. The van der Waals surface area contributed by atoms with Gasteiger partial charge in [0.2, 0.25) is 0 Å². The summed E-state index contributed by atoms with van der Waals surface area (Å²) in [4.78, 5) is 33.8. The summed E-state index contributed by atoms with van der Waals surface area (Å²) in [5.41, 5.74) is 3.29. The van der Waals surface area contributed by atoms with Crippen LogP contribution in [0.2, 0.25) is 0 Å². The number of nitrogens with one attached hydrogen (secondary N) is 1. The molecule has 4 rings (SSSR count). The zero-order valence-electron chi connectivity index (χ0n) is 19.3. The van der Waals surface area contributed by atoms with E-state index in [1.54, 1.807) is 30.7 Å². The van der Waals surface area contributed by atoms with Gasteiger partial charge in [-0.2, -0.15) is 0 Å². The summed E-state index contributed by atoms with van der Waals surface area (Å²) in [7, 11) is 1.58. The van der Waals surface area contributed by atoms with E-state index in [4.69, 9.17) is 19.4 Å². The number of rotatable bonds is 8. The van der Waals surface area contributed by atoms with Gasteiger partial charge < -0.3 is 19.7 Å². The Morgan fingerprint density at radius 2 is 1.97 bits per heavy atom. The number of hydrogen-bond acceptors (Lipinski definition) is 8. The van der Waals surface area contributed by atoms with Crippen LogP contribution in [-0.2, 0) is 4.79 Å². The van der Waals surface area contributed by atoms with Crippen molar-refractivity contribution >= 4 is 23.0 Å². The minimum Gasteiger partial charge on any atom is -0.496 e. The summed E-state index contributed by atoms with van der Waals surface area (Å²) in [6.07, 6.45) is -0.148. The molecule has 4 aromatic rings. The molecule has 0 bridgehead atoms. The maximum atomic E-state index is 13.6. The molecule has 0 fully saturated rings. The van der Waals surface area contributed by atoms with Crippen LogP contribution in [0.3, 0.4) is 0 Å². The van der Waals surface area contributed by atoms with Gasteiger partial charge in [-0.05, 0) is 39.0 Å². The van der Waals surface area contributed by atoms with E-state index in [2.05, 4.69) is 15.5 Å². The Balaban J connectivity index is 1.94. The first-order valence-electron chi connectivity index (χ1n) is 10.8. The number of aryl methyl sites for hydroxylation is 2. The van der Waals surface area contributed by atoms with Gasteiger partial charge in [0.05, 0.1) is 36.5 Å². The number of carbonyl (C=O) groups is 1. The first-order chi connectivity index (χ1) is 16.3. The third-order valence-corrected chi connectivity index (χ3v) is 5.63. The van der Waals surface area contributed by atoms with Crippen molar-refractivity contribution in [3.63, 3.8) is 0 Å². The van der Waals surface area contributed by atoms with Crippen LogP contribution >= 0.6 is 0 Å². The van der Waals surface area contributed by atoms with Gasteiger partial charge in [0.15, 0.2) is 11.5 Å². The lowest BCUT2D eigenvalue weighted by Crippen LogP contribution is -2.29. The third kappa shape index (κ3) is 4.21. The van der Waals surface area contributed by atoms with Gasteiger partial charge in [0.1, 0.15) is 17.0 Å². The van der Waals surface area contributed by atoms with Crippen molar-refractivity contribution in [2.45, 2.75) is 33.2 Å². The van der Waals surface area contributed by atoms with Crippen LogP contribution in [0, 0.1) is 13.8 Å². The molecular formula is C24H25N5O5. The average Bonchev–Trinajstić information content (AvgIpc) is 3.16. The first kappa shape index (κ1) is 23.0. The highest BCUT2D eigenvalue weighted by atomic mass is 16.5. The number of aliphatic carboxylic acids is 1. The zero-order chi connectivity index (χ0) is 24.4. The van der Waals surface area contributed by atoms with Gasteiger partial charge in [-0.1, -0.05) is 23.4 Å². The second-order valence-corrected chi connectivity index (χ2v) is 7.86. The molecule has 0 aliphatic heterocycles. The van der Waals surface area contributed by atoms with Crippen molar-refractivity contribution in [3.8, 4) is 17.0 Å². The van der Waals surface area contributed by atoms with Gasteiger partial charge in [-0.3, -0.25) is 14.2 Å². The fraction of sp³-hybridized carbons (Fsp3) is 0.292. The van der Waals surface area contributed by atoms with Gasteiger partial charge >= 0.3 is 5.97 Å². The number of anilines is 1. The zero-order valence-corrected chi connectivity index (χ0v) is 19.3. The smallest absolute Gasteiger partial charge is 0.305 e. The Morgan fingerprint density at radius 3 is 2.65 bits per heavy atom. The molecule has 0 unspecified atom stereocenters. The Kier molecular flexibility index (Phi) is 6.31. The van der Waals surface area contributed by atoms with Crippen LogP contribution in [0.1, 0.15) is 36.4 Å². The maximum Gasteiger partial charge on any atom is 0.305 e. The molecule has 3 aromatic heterocycles. The molecule has 0 aliphatic carbocycles. The molecule has 10 heteroatoms. The van der Waals surface area contributed by atoms with Crippen LogP contribution in [0.25, 0.3) is 22.4 Å². The SMILES string of the molecule is COc1ccccc1[C@H](C)n1c(=O)c(NCCC(=O)O)nc2ccc(-c3c(C)noc3C)nc21. The van der Waals surface area contributed by atoms with Crippen LogP contribution in [0.5, 0.6) is 5.75 Å². The molecule has 0 aliphatic rings. The molecule has 10 nitrogen and oxygen atoms in total. The fourth-order valence-electron chi connectivity index (χ4n) is 3.98. The molecule has 0 saturated heterocycles. The van der Waals surface area contributed by atoms with Crippen molar-refractivity contribution in [1.82, 2.24) is 19.7 Å². The van der Waals surface area contributed by atoms with E-state index in [0.717, 1.165) is 11.1 Å². The van der Waals surface area contributed by atoms with Crippen LogP contribution in [-0.4, -0.2) is 44.4 Å². The van der Waals surface area contributed by atoms with E-state index >= 15 is 0 Å². The van der Waals surface area contributed by atoms with E-state index < -0.39 is 17.6 Å². The molecule has 0 saturated carbocycles. The lowest BCUT2D eigenvalue weighted by Gasteiger charge is -2.21. The summed E-state index contributed by atoms with van der Waals surface area (Å²) in [5.74, 6) is 0.342. The third-order valence-electron chi connectivity index (χ3n) is 5.63.